The van der Waals surface area contributed by atoms with Gasteiger partial charge in [0.05, 0.1) is 68.2 Å². The summed E-state index contributed by atoms with van der Waals surface area (Å²) in [5.41, 5.74) is 2.32. The number of carboxylic acid groups (broad SMARTS) is 1. The molecule has 2 saturated heterocycles. The minimum absolute atomic E-state index is 0.000351. The normalized spacial score (nSPS) is 38.2. The van der Waals surface area contributed by atoms with Crippen LogP contribution in [0.4, 0.5) is 9.59 Å². The van der Waals surface area contributed by atoms with Crippen LogP contribution in [0.3, 0.4) is 0 Å². The van der Waals surface area contributed by atoms with E-state index in [1.54, 1.807) is 62.6 Å². The maximum atomic E-state index is 13.2. The second-order valence-corrected chi connectivity index (χ2v) is 27.1. The molecular formula is C61H109N5O23. The number of nitrogens with one attached hydrogen (secondary N) is 4. The first-order valence-electron chi connectivity index (χ1n) is 31.2. The molecule has 24 atom stereocenters. The van der Waals surface area contributed by atoms with Crippen molar-refractivity contribution in [2.45, 2.75) is 269 Å². The molecule has 0 spiro atoms. The Morgan fingerprint density at radius 3 is 1.38 bits per heavy atom. The summed E-state index contributed by atoms with van der Waals surface area (Å²) in [6.07, 6.45) is -7.64. The first-order chi connectivity index (χ1) is 41.3. The first-order valence-corrected chi connectivity index (χ1v) is 31.2. The van der Waals surface area contributed by atoms with E-state index in [4.69, 9.17) is 63.3 Å². The van der Waals surface area contributed by atoms with Crippen molar-refractivity contribution >= 4 is 23.9 Å². The molecule has 2 saturated carbocycles. The quantitative estimate of drug-likeness (QED) is 0.0822. The molecule has 0 aromatic carbocycles. The van der Waals surface area contributed by atoms with Crippen LogP contribution in [0.5, 0.6) is 0 Å². The minimum atomic E-state index is -1.61. The summed E-state index contributed by atoms with van der Waals surface area (Å²) in [5, 5.41) is 104. The number of likely N-dealkylation sites (N-methyl/N-ethyl adjacent to an activating group) is 2. The Labute approximate surface area is 524 Å². The number of ketones is 1. The highest BCUT2D eigenvalue weighted by molar-refractivity contribution is 5.84. The number of ether oxygens (including phenoxy) is 10. The van der Waals surface area contributed by atoms with Crippen molar-refractivity contribution in [3.8, 4) is 0 Å². The molecule has 89 heavy (non-hydrogen) atoms. The molecule has 4 fully saturated rings. The van der Waals surface area contributed by atoms with Crippen LogP contribution in [0.15, 0.2) is 23.7 Å². The Balaban J connectivity index is 0.000000325. The number of aliphatic hydroxyl groups is 8. The second kappa shape index (κ2) is 33.8. The summed E-state index contributed by atoms with van der Waals surface area (Å²) in [6.45, 7) is 24.4. The summed E-state index contributed by atoms with van der Waals surface area (Å²) in [4.78, 5) is 46.3. The molecule has 28 nitrogen and oxygen atoms in total. The maximum Gasteiger partial charge on any atom is 0.407 e. The van der Waals surface area contributed by atoms with E-state index in [9.17, 15) is 54.9 Å². The van der Waals surface area contributed by atoms with E-state index in [1.807, 2.05) is 40.7 Å². The molecule has 516 valence electrons. The molecule has 0 aromatic heterocycles. The number of amides is 2. The van der Waals surface area contributed by atoms with E-state index in [2.05, 4.69) is 34.3 Å². The maximum absolute atomic E-state index is 13.2. The average Bonchev–Trinajstić information content (AvgIpc) is 0.886. The van der Waals surface area contributed by atoms with Gasteiger partial charge in [-0.1, -0.05) is 41.5 Å². The molecule has 28 heteroatoms. The van der Waals surface area contributed by atoms with Gasteiger partial charge in [-0.05, 0) is 125 Å². The van der Waals surface area contributed by atoms with Crippen molar-refractivity contribution in [1.82, 2.24) is 21.3 Å². The van der Waals surface area contributed by atoms with Crippen LogP contribution in [-0.4, -0.2) is 237 Å². The molecule has 6 rings (SSSR count). The molecule has 0 bridgehead atoms. The number of carbonyl (C=O) groups is 4. The predicted molar refractivity (Wildman–Crippen MR) is 321 cm³/mol. The Morgan fingerprint density at radius 1 is 0.607 bits per heavy atom. The molecule has 0 unspecified atom stereocenters. The lowest BCUT2D eigenvalue weighted by Gasteiger charge is -2.49. The van der Waals surface area contributed by atoms with Crippen LogP contribution < -0.4 is 27.0 Å². The molecule has 2 amide bonds. The van der Waals surface area contributed by atoms with Crippen LogP contribution >= 0.6 is 0 Å². The number of carboxylic acids is 1. The number of alkyl carbamates (subject to hydrolysis) is 2. The number of nitrogens with two attached hydrogens (primary N) is 1. The van der Waals surface area contributed by atoms with E-state index in [-0.39, 0.29) is 56.4 Å². The first kappa shape index (κ1) is 77.5. The van der Waals surface area contributed by atoms with Crippen LogP contribution in [0.1, 0.15) is 142 Å². The van der Waals surface area contributed by atoms with Crippen molar-refractivity contribution in [3.05, 3.63) is 23.7 Å². The average molecular weight is 1280 g/mol. The van der Waals surface area contributed by atoms with E-state index in [1.165, 1.54) is 6.92 Å². The Hall–Kier alpha value is -3.92. The summed E-state index contributed by atoms with van der Waals surface area (Å²) in [5.74, 6) is -0.846. The van der Waals surface area contributed by atoms with Gasteiger partial charge >= 0.3 is 18.2 Å². The van der Waals surface area contributed by atoms with Crippen molar-refractivity contribution in [2.24, 2.45) is 35.3 Å². The molecule has 0 radical (unpaired) electrons. The Kier molecular flexibility index (Phi) is 29.4. The highest BCUT2D eigenvalue weighted by Gasteiger charge is 2.53. The fraction of sp³-hybridized carbons (Fsp3) is 0.869. The predicted octanol–water partition coefficient (Wildman–Crippen LogP) is 1.53. The fourth-order valence-corrected chi connectivity index (χ4v) is 11.6. The summed E-state index contributed by atoms with van der Waals surface area (Å²) in [7, 11) is 3.26. The highest BCUT2D eigenvalue weighted by atomic mass is 16.7. The number of Topliss-reactive ketones (excluding diaryl/α,β-unsaturated/α-hetero) is 1. The lowest BCUT2D eigenvalue weighted by molar-refractivity contribution is -0.312. The van der Waals surface area contributed by atoms with Gasteiger partial charge in [0, 0.05) is 37.1 Å². The fourth-order valence-electron chi connectivity index (χ4n) is 11.6. The third-order valence-corrected chi connectivity index (χ3v) is 16.5. The van der Waals surface area contributed by atoms with Gasteiger partial charge < -0.3 is 120 Å². The number of carbonyl (C=O) groups excluding carboxylic acids is 3. The third-order valence-electron chi connectivity index (χ3n) is 16.5. The van der Waals surface area contributed by atoms with Crippen LogP contribution in [0.25, 0.3) is 0 Å². The van der Waals surface area contributed by atoms with Gasteiger partial charge in [0.15, 0.2) is 24.5 Å². The summed E-state index contributed by atoms with van der Waals surface area (Å²) in [6, 6.07) is -1.89. The zero-order chi connectivity index (χ0) is 67.3. The van der Waals surface area contributed by atoms with Crippen LogP contribution in [0.2, 0.25) is 0 Å². The largest absolute Gasteiger partial charge is 0.479 e. The molecule has 2 aliphatic carbocycles. The van der Waals surface area contributed by atoms with Crippen LogP contribution in [-0.2, 0) is 57.0 Å². The Bertz CT molecular complexity index is 2300. The molecule has 4 heterocycles. The van der Waals surface area contributed by atoms with Gasteiger partial charge in [-0.3, -0.25) is 4.79 Å². The third kappa shape index (κ3) is 22.7. The van der Waals surface area contributed by atoms with E-state index < -0.39 is 157 Å². The van der Waals surface area contributed by atoms with Crippen LogP contribution in [0, 0.1) is 29.6 Å². The zero-order valence-corrected chi connectivity index (χ0v) is 55.0. The lowest BCUT2D eigenvalue weighted by Crippen LogP contribution is -2.67. The van der Waals surface area contributed by atoms with Gasteiger partial charge in [-0.25, -0.2) is 14.4 Å². The smallest absolute Gasteiger partial charge is 0.407 e. The standard InChI is InChI=1S/C31H54N2O11.C22H40N2O7.C8H15NO5/c1-9-19-11-10-16(2)27(41-19)42-24-17(3)12-18(13-20(34)21(35)14-33-29(38)44-30(4,5)6)25(22(24)36)43-28-23(37)26(32-8)31(7,39)15-40-28;1-6-13-8-7-11(2)20(29-13)30-17-12(3)9-14(23)18(15(17)25)31-21-16(26)19(24-5)22(4,27)10-28-21;1-8(2,3)14-7(13)9-4-5(10)6(11)12/h11,16-18,21-28,32,35-37,39H,9-10,12-15H2,1-8H3,(H,33,38);8,11-12,14-21,24-27H,6-7,9-10,23H2,1-5H3;5,10H,4H2,1-3H3,(H,9,13)(H,11,12)/t16-,17+,18+,21+,22+,23-,24-,25+,26-,27-,28-,31+;11-,12+,14-,15+,16-,17-,18+,19-,20-,21-,22+;5-/m110/s1. The number of aliphatic hydroxyl groups excluding tert-OH is 6. The monoisotopic (exact) mass is 1280 g/mol. The summed E-state index contributed by atoms with van der Waals surface area (Å²) < 4.78 is 58.2. The van der Waals surface area contributed by atoms with Crippen molar-refractivity contribution < 1.29 is 113 Å². The van der Waals surface area contributed by atoms with E-state index in [0.29, 0.717) is 19.3 Å². The number of aliphatic carboxylic acids is 1. The van der Waals surface area contributed by atoms with Gasteiger partial charge in [-0.2, -0.15) is 0 Å². The minimum Gasteiger partial charge on any atom is -0.479 e. The van der Waals surface area contributed by atoms with Crippen molar-refractivity contribution in [3.63, 3.8) is 0 Å². The molecule has 4 aliphatic heterocycles. The van der Waals surface area contributed by atoms with Gasteiger partial charge in [0.2, 0.25) is 12.6 Å². The molecule has 6 aliphatic rings. The molecule has 15 N–H and O–H groups in total. The Morgan fingerprint density at radius 2 is 0.989 bits per heavy atom. The van der Waals surface area contributed by atoms with Crippen molar-refractivity contribution in [2.75, 3.05) is 40.4 Å². The number of allylic oxidation sites excluding steroid dienone is 4. The van der Waals surface area contributed by atoms with E-state index >= 15 is 0 Å². The van der Waals surface area contributed by atoms with Crippen molar-refractivity contribution in [1.29, 1.82) is 0 Å². The highest BCUT2D eigenvalue weighted by Crippen LogP contribution is 2.41. The lowest BCUT2D eigenvalue weighted by atomic mass is 9.74. The second-order valence-electron chi connectivity index (χ2n) is 27.1. The topological polar surface area (TPSA) is 417 Å². The van der Waals surface area contributed by atoms with Gasteiger partial charge in [0.25, 0.3) is 0 Å². The number of hydrogen-bond acceptors (Lipinski definition) is 25. The van der Waals surface area contributed by atoms with E-state index in [0.717, 1.165) is 30.8 Å². The van der Waals surface area contributed by atoms with Gasteiger partial charge in [-0.15, -0.1) is 0 Å². The zero-order valence-electron chi connectivity index (χ0n) is 55.0. The SMILES string of the molecule is CC(C)(C)OC(=O)NC[C@H](O)C(=O)O.CCC1=CC[C@@H](C)[C@@H](O[C@H]2[C@H](O)[C@@H](O[C@H]3OC[C@](C)(O)[C@H](NC)[C@H]3O)[C@H](CC(=O)[C@@H](O)CNC(=O)OC(C)(C)C)C[C@@H]2C)O1.CCC1=CC[C@@H](C)[C@@H](O[C@H]2[C@H](O)[C@@H](O[C@H]3OC[C@](C)(O)[C@H](NC)[C@H]3O)[C@H](N)C[C@@H]2C)O1. The number of rotatable bonds is 20. The molecular weight excluding hydrogens is 1170 g/mol. The summed E-state index contributed by atoms with van der Waals surface area (Å²) >= 11 is 0. The number of hydrogen-bond donors (Lipinski definition) is 14. The van der Waals surface area contributed by atoms with Gasteiger partial charge in [0.1, 0.15) is 59.0 Å². The molecule has 0 aromatic rings.